The van der Waals surface area contributed by atoms with Crippen LogP contribution in [0, 0.1) is 6.92 Å². The van der Waals surface area contributed by atoms with E-state index in [9.17, 15) is 4.79 Å². The van der Waals surface area contributed by atoms with Crippen LogP contribution in [0.5, 0.6) is 0 Å². The number of rotatable bonds is 5. The monoisotopic (exact) mass is 377 g/mol. The SMILES string of the molecule is CCn1c(SCc2cc(=O)n3c(C)cccc3n2)nnc1-c1ccccc1. The molecule has 0 atom stereocenters. The van der Waals surface area contributed by atoms with Gasteiger partial charge in [-0.25, -0.2) is 4.98 Å². The van der Waals surface area contributed by atoms with Gasteiger partial charge in [-0.3, -0.25) is 9.20 Å². The van der Waals surface area contributed by atoms with Crippen molar-refractivity contribution < 1.29 is 0 Å². The van der Waals surface area contributed by atoms with E-state index in [0.717, 1.165) is 34.5 Å². The van der Waals surface area contributed by atoms with Gasteiger partial charge in [0.05, 0.1) is 5.69 Å². The number of hydrogen-bond donors (Lipinski definition) is 0. The first-order chi connectivity index (χ1) is 13.2. The fraction of sp³-hybridized carbons (Fsp3) is 0.200. The first-order valence-corrected chi connectivity index (χ1v) is 9.75. The maximum absolute atomic E-state index is 12.4. The zero-order valence-electron chi connectivity index (χ0n) is 15.2. The standard InChI is InChI=1S/C20H19N5OS/c1-3-24-19(15-9-5-4-6-10-15)22-23-20(24)27-13-16-12-18(26)25-14(2)8-7-11-17(25)21-16/h4-12H,3,13H2,1-2H3. The van der Waals surface area contributed by atoms with Crippen molar-refractivity contribution in [2.45, 2.75) is 31.3 Å². The van der Waals surface area contributed by atoms with Gasteiger partial charge in [0.1, 0.15) is 5.65 Å². The predicted molar refractivity (Wildman–Crippen MR) is 107 cm³/mol. The molecule has 0 fully saturated rings. The fourth-order valence-corrected chi connectivity index (χ4v) is 3.95. The lowest BCUT2D eigenvalue weighted by Gasteiger charge is -2.08. The van der Waals surface area contributed by atoms with Gasteiger partial charge in [0.15, 0.2) is 11.0 Å². The fourth-order valence-electron chi connectivity index (χ4n) is 3.06. The molecular formula is C20H19N5OS. The quantitative estimate of drug-likeness (QED) is 0.498. The highest BCUT2D eigenvalue weighted by atomic mass is 32.2. The van der Waals surface area contributed by atoms with Gasteiger partial charge in [-0.2, -0.15) is 0 Å². The second kappa shape index (κ2) is 7.36. The van der Waals surface area contributed by atoms with Crippen LogP contribution >= 0.6 is 11.8 Å². The Balaban J connectivity index is 1.62. The number of aryl methyl sites for hydroxylation is 1. The van der Waals surface area contributed by atoms with E-state index in [0.29, 0.717) is 11.4 Å². The summed E-state index contributed by atoms with van der Waals surface area (Å²) in [6.07, 6.45) is 0. The summed E-state index contributed by atoms with van der Waals surface area (Å²) in [7, 11) is 0. The molecule has 7 heteroatoms. The van der Waals surface area contributed by atoms with Gasteiger partial charge in [0, 0.05) is 29.6 Å². The molecule has 0 aliphatic carbocycles. The molecule has 1 aromatic carbocycles. The van der Waals surface area contributed by atoms with E-state index in [1.54, 1.807) is 22.2 Å². The summed E-state index contributed by atoms with van der Waals surface area (Å²) in [5.74, 6) is 1.41. The number of nitrogens with zero attached hydrogens (tertiary/aromatic N) is 5. The van der Waals surface area contributed by atoms with Gasteiger partial charge in [-0.15, -0.1) is 10.2 Å². The highest BCUT2D eigenvalue weighted by Crippen LogP contribution is 2.25. The number of thioether (sulfide) groups is 1. The van der Waals surface area contributed by atoms with Crippen LogP contribution in [0.25, 0.3) is 17.0 Å². The molecule has 0 saturated carbocycles. The average molecular weight is 377 g/mol. The predicted octanol–water partition coefficient (Wildman–Crippen LogP) is 3.57. The summed E-state index contributed by atoms with van der Waals surface area (Å²) in [5.41, 5.74) is 3.26. The molecule has 0 amide bonds. The van der Waals surface area contributed by atoms with Crippen molar-refractivity contribution >= 4 is 17.4 Å². The third kappa shape index (κ3) is 3.38. The zero-order chi connectivity index (χ0) is 18.8. The summed E-state index contributed by atoms with van der Waals surface area (Å²) in [6, 6.07) is 17.3. The molecule has 0 unspecified atom stereocenters. The second-order valence-corrected chi connectivity index (χ2v) is 7.09. The molecule has 3 heterocycles. The second-order valence-electron chi connectivity index (χ2n) is 6.15. The molecule has 3 aromatic heterocycles. The summed E-state index contributed by atoms with van der Waals surface area (Å²) >= 11 is 1.54. The van der Waals surface area contributed by atoms with Crippen LogP contribution in [0.4, 0.5) is 0 Å². The van der Waals surface area contributed by atoms with Crippen molar-refractivity contribution in [2.24, 2.45) is 0 Å². The minimum Gasteiger partial charge on any atom is -0.302 e. The van der Waals surface area contributed by atoms with E-state index < -0.39 is 0 Å². The molecule has 27 heavy (non-hydrogen) atoms. The number of fused-ring (bicyclic) bond motifs is 1. The Hall–Kier alpha value is -2.93. The Bertz CT molecular complexity index is 1150. The van der Waals surface area contributed by atoms with E-state index >= 15 is 0 Å². The van der Waals surface area contributed by atoms with E-state index in [-0.39, 0.29) is 5.56 Å². The van der Waals surface area contributed by atoms with E-state index in [2.05, 4.69) is 26.7 Å². The Morgan fingerprint density at radius 1 is 1.04 bits per heavy atom. The Morgan fingerprint density at radius 3 is 2.63 bits per heavy atom. The highest BCUT2D eigenvalue weighted by Gasteiger charge is 2.14. The molecule has 0 radical (unpaired) electrons. The molecule has 0 saturated heterocycles. The van der Waals surface area contributed by atoms with Gasteiger partial charge < -0.3 is 4.57 Å². The molecule has 6 nitrogen and oxygen atoms in total. The maximum atomic E-state index is 12.4. The van der Waals surface area contributed by atoms with Crippen LogP contribution in [0.1, 0.15) is 18.3 Å². The molecule has 136 valence electrons. The van der Waals surface area contributed by atoms with E-state index in [1.807, 2.05) is 55.5 Å². The molecule has 0 N–H and O–H groups in total. The number of pyridine rings is 1. The van der Waals surface area contributed by atoms with Gasteiger partial charge in [-0.1, -0.05) is 48.2 Å². The normalized spacial score (nSPS) is 11.2. The maximum Gasteiger partial charge on any atom is 0.258 e. The number of benzene rings is 1. The summed E-state index contributed by atoms with van der Waals surface area (Å²) in [6.45, 7) is 4.75. The highest BCUT2D eigenvalue weighted by molar-refractivity contribution is 7.98. The topological polar surface area (TPSA) is 65.1 Å². The largest absolute Gasteiger partial charge is 0.302 e. The van der Waals surface area contributed by atoms with Gasteiger partial charge in [-0.05, 0) is 26.0 Å². The molecule has 0 aliphatic rings. The summed E-state index contributed by atoms with van der Waals surface area (Å²) < 4.78 is 3.70. The molecule has 4 aromatic rings. The van der Waals surface area contributed by atoms with Gasteiger partial charge >= 0.3 is 0 Å². The van der Waals surface area contributed by atoms with Crippen LogP contribution in [0.15, 0.2) is 64.5 Å². The van der Waals surface area contributed by atoms with Crippen molar-refractivity contribution in [1.82, 2.24) is 24.1 Å². The minimum atomic E-state index is -0.0596. The summed E-state index contributed by atoms with van der Waals surface area (Å²) in [5, 5.41) is 9.52. The van der Waals surface area contributed by atoms with Gasteiger partial charge in [0.25, 0.3) is 5.56 Å². The van der Waals surface area contributed by atoms with E-state index in [4.69, 9.17) is 0 Å². The first-order valence-electron chi connectivity index (χ1n) is 8.77. The smallest absolute Gasteiger partial charge is 0.258 e. The number of hydrogen-bond acceptors (Lipinski definition) is 5. The minimum absolute atomic E-state index is 0.0596. The van der Waals surface area contributed by atoms with Gasteiger partial charge in [0.2, 0.25) is 0 Å². The van der Waals surface area contributed by atoms with Crippen LogP contribution in [0.3, 0.4) is 0 Å². The van der Waals surface area contributed by atoms with Crippen LogP contribution in [-0.4, -0.2) is 24.1 Å². The zero-order valence-corrected chi connectivity index (χ0v) is 16.0. The van der Waals surface area contributed by atoms with Crippen molar-refractivity contribution in [3.8, 4) is 11.4 Å². The lowest BCUT2D eigenvalue weighted by molar-refractivity contribution is 0.687. The Morgan fingerprint density at radius 2 is 1.85 bits per heavy atom. The molecule has 0 bridgehead atoms. The van der Waals surface area contributed by atoms with Crippen molar-refractivity contribution in [2.75, 3.05) is 0 Å². The summed E-state index contributed by atoms with van der Waals surface area (Å²) in [4.78, 5) is 17.0. The van der Waals surface area contributed by atoms with E-state index in [1.165, 1.54) is 0 Å². The Kier molecular flexibility index (Phi) is 4.77. The van der Waals surface area contributed by atoms with Crippen LogP contribution in [-0.2, 0) is 12.3 Å². The third-order valence-electron chi connectivity index (χ3n) is 4.35. The van der Waals surface area contributed by atoms with Crippen LogP contribution in [0.2, 0.25) is 0 Å². The van der Waals surface area contributed by atoms with Crippen molar-refractivity contribution in [1.29, 1.82) is 0 Å². The lowest BCUT2D eigenvalue weighted by Crippen LogP contribution is -2.17. The molecule has 0 aliphatic heterocycles. The van der Waals surface area contributed by atoms with Crippen molar-refractivity contribution in [3.63, 3.8) is 0 Å². The molecular weight excluding hydrogens is 358 g/mol. The molecule has 4 rings (SSSR count). The van der Waals surface area contributed by atoms with Crippen LogP contribution < -0.4 is 5.56 Å². The third-order valence-corrected chi connectivity index (χ3v) is 5.35. The molecule has 0 spiro atoms. The lowest BCUT2D eigenvalue weighted by atomic mass is 10.2. The Labute approximate surface area is 160 Å². The average Bonchev–Trinajstić information content (AvgIpc) is 3.10. The number of aromatic nitrogens is 5. The first kappa shape index (κ1) is 17.5. The van der Waals surface area contributed by atoms with Crippen molar-refractivity contribution in [3.05, 3.63) is 76.3 Å².